The summed E-state index contributed by atoms with van der Waals surface area (Å²) in [7, 11) is 0. The Morgan fingerprint density at radius 2 is 1.90 bits per heavy atom. The van der Waals surface area contributed by atoms with Gasteiger partial charge in [0.25, 0.3) is 5.91 Å². The van der Waals surface area contributed by atoms with Gasteiger partial charge in [-0.1, -0.05) is 41.9 Å². The van der Waals surface area contributed by atoms with E-state index in [0.717, 1.165) is 5.39 Å². The van der Waals surface area contributed by atoms with E-state index in [9.17, 15) is 9.90 Å². The Hall–Kier alpha value is -2.59. The van der Waals surface area contributed by atoms with Crippen LogP contribution in [0.5, 0.6) is 5.75 Å². The van der Waals surface area contributed by atoms with Gasteiger partial charge >= 0.3 is 0 Å². The molecule has 5 heteroatoms. The molecule has 1 heterocycles. The third-order valence-corrected chi connectivity index (χ3v) is 3.34. The molecule has 0 saturated carbocycles. The van der Waals surface area contributed by atoms with Gasteiger partial charge in [-0.2, -0.15) is 0 Å². The first-order chi connectivity index (χ1) is 10.1. The maximum Gasteiger partial charge on any atom is 0.260 e. The zero-order valence-corrected chi connectivity index (χ0v) is 11.6. The van der Waals surface area contributed by atoms with E-state index in [0.29, 0.717) is 16.2 Å². The van der Waals surface area contributed by atoms with Crippen molar-refractivity contribution in [3.05, 3.63) is 65.3 Å². The third kappa shape index (κ3) is 2.66. The van der Waals surface area contributed by atoms with Crippen LogP contribution in [0.1, 0.15) is 10.4 Å². The number of amides is 1. The highest BCUT2D eigenvalue weighted by molar-refractivity contribution is 6.30. The molecule has 21 heavy (non-hydrogen) atoms. The zero-order valence-electron chi connectivity index (χ0n) is 10.9. The molecule has 104 valence electrons. The first-order valence-electron chi connectivity index (χ1n) is 6.29. The summed E-state index contributed by atoms with van der Waals surface area (Å²) in [6.45, 7) is 0. The van der Waals surface area contributed by atoms with Gasteiger partial charge in [-0.25, -0.2) is 4.98 Å². The minimum atomic E-state index is -0.423. The molecule has 0 spiro atoms. The Balaban J connectivity index is 1.94. The van der Waals surface area contributed by atoms with E-state index >= 15 is 0 Å². The van der Waals surface area contributed by atoms with Crippen LogP contribution in [0.15, 0.2) is 54.7 Å². The van der Waals surface area contributed by atoms with Gasteiger partial charge < -0.3 is 10.4 Å². The fraction of sp³-hybridized carbons (Fsp3) is 0. The summed E-state index contributed by atoms with van der Waals surface area (Å²) in [4.78, 5) is 16.2. The van der Waals surface area contributed by atoms with Crippen LogP contribution in [-0.4, -0.2) is 16.0 Å². The van der Waals surface area contributed by atoms with Crippen LogP contribution < -0.4 is 5.32 Å². The van der Waals surface area contributed by atoms with Gasteiger partial charge in [0.2, 0.25) is 0 Å². The summed E-state index contributed by atoms with van der Waals surface area (Å²) in [5.41, 5.74) is 0.199. The molecule has 0 aliphatic heterocycles. The molecule has 0 bridgehead atoms. The Kier molecular flexibility index (Phi) is 3.46. The number of nitrogens with zero attached hydrogens (tertiary/aromatic N) is 1. The summed E-state index contributed by atoms with van der Waals surface area (Å²) in [6, 6.07) is 13.9. The van der Waals surface area contributed by atoms with E-state index in [1.807, 2.05) is 18.2 Å². The zero-order chi connectivity index (χ0) is 14.8. The molecule has 0 radical (unpaired) electrons. The molecule has 4 nitrogen and oxygen atoms in total. The molecule has 0 atom stereocenters. The van der Waals surface area contributed by atoms with Gasteiger partial charge in [0.15, 0.2) is 0 Å². The number of aromatic nitrogens is 1. The molecule has 3 rings (SSSR count). The molecular weight excluding hydrogens is 288 g/mol. The van der Waals surface area contributed by atoms with E-state index in [2.05, 4.69) is 10.3 Å². The molecule has 0 aliphatic rings. The Morgan fingerprint density at radius 3 is 2.67 bits per heavy atom. The molecule has 0 fully saturated rings. The maximum absolute atomic E-state index is 12.2. The Bertz CT molecular complexity index is 816. The van der Waals surface area contributed by atoms with Crippen LogP contribution in [-0.2, 0) is 0 Å². The number of rotatable bonds is 2. The molecule has 3 aromatic rings. The van der Waals surface area contributed by atoms with Crippen LogP contribution in [0.2, 0.25) is 5.02 Å². The molecule has 0 aliphatic carbocycles. The predicted octanol–water partition coefficient (Wildman–Crippen LogP) is 3.85. The van der Waals surface area contributed by atoms with Crippen LogP contribution >= 0.6 is 11.6 Å². The number of carbonyl (C=O) groups is 1. The number of halogens is 1. The summed E-state index contributed by atoms with van der Waals surface area (Å²) >= 11 is 5.74. The minimum absolute atomic E-state index is 0.0421. The van der Waals surface area contributed by atoms with Crippen molar-refractivity contribution in [2.24, 2.45) is 0 Å². The fourth-order valence-electron chi connectivity index (χ4n) is 2.07. The van der Waals surface area contributed by atoms with Crippen LogP contribution in [0.25, 0.3) is 10.8 Å². The lowest BCUT2D eigenvalue weighted by molar-refractivity contribution is 0.102. The molecule has 1 amide bonds. The number of fused-ring (bicyclic) bond motifs is 1. The number of aromatic hydroxyl groups is 1. The van der Waals surface area contributed by atoms with Crippen molar-refractivity contribution in [2.75, 3.05) is 5.32 Å². The first-order valence-corrected chi connectivity index (χ1v) is 6.66. The highest BCUT2D eigenvalue weighted by atomic mass is 35.5. The summed E-state index contributed by atoms with van der Waals surface area (Å²) in [5, 5.41) is 14.9. The second kappa shape index (κ2) is 5.42. The average molecular weight is 299 g/mol. The lowest BCUT2D eigenvalue weighted by Gasteiger charge is -2.08. The molecule has 2 aromatic carbocycles. The summed E-state index contributed by atoms with van der Waals surface area (Å²) in [5.74, 6) is -0.0930. The lowest BCUT2D eigenvalue weighted by atomic mass is 10.0. The van der Waals surface area contributed by atoms with Crippen LogP contribution in [0.3, 0.4) is 0 Å². The Labute approximate surface area is 126 Å². The van der Waals surface area contributed by atoms with E-state index < -0.39 is 5.91 Å². The van der Waals surface area contributed by atoms with Crippen LogP contribution in [0.4, 0.5) is 5.82 Å². The molecule has 2 N–H and O–H groups in total. The van der Waals surface area contributed by atoms with Crippen molar-refractivity contribution in [1.29, 1.82) is 0 Å². The minimum Gasteiger partial charge on any atom is -0.506 e. The number of hydrogen-bond donors (Lipinski definition) is 2. The van der Waals surface area contributed by atoms with Crippen LogP contribution in [0, 0.1) is 0 Å². The number of pyridine rings is 1. The number of carbonyl (C=O) groups excluding carboxylic acids is 1. The molecule has 0 saturated heterocycles. The van der Waals surface area contributed by atoms with E-state index in [1.165, 1.54) is 6.20 Å². The third-order valence-electron chi connectivity index (χ3n) is 3.11. The van der Waals surface area contributed by atoms with Gasteiger partial charge in [-0.15, -0.1) is 0 Å². The normalized spacial score (nSPS) is 10.5. The van der Waals surface area contributed by atoms with E-state index in [4.69, 9.17) is 11.6 Å². The molecule has 0 unspecified atom stereocenters. The fourth-order valence-corrected chi connectivity index (χ4v) is 2.18. The molecular formula is C16H11ClN2O2. The second-order valence-corrected chi connectivity index (χ2v) is 4.94. The topological polar surface area (TPSA) is 62.2 Å². The van der Waals surface area contributed by atoms with Gasteiger partial charge in [-0.3, -0.25) is 4.79 Å². The Morgan fingerprint density at radius 1 is 1.10 bits per heavy atom. The van der Waals surface area contributed by atoms with Gasteiger partial charge in [0.05, 0.1) is 10.6 Å². The van der Waals surface area contributed by atoms with E-state index in [1.54, 1.807) is 30.3 Å². The van der Waals surface area contributed by atoms with Gasteiger partial charge in [0, 0.05) is 11.6 Å². The van der Waals surface area contributed by atoms with Crippen molar-refractivity contribution in [3.8, 4) is 5.75 Å². The smallest absolute Gasteiger partial charge is 0.260 e. The number of anilines is 1. The highest BCUT2D eigenvalue weighted by Gasteiger charge is 2.14. The number of benzene rings is 2. The monoisotopic (exact) mass is 298 g/mol. The number of phenolic OH excluding ortho intramolecular Hbond substituents is 1. The second-order valence-electron chi connectivity index (χ2n) is 4.50. The summed E-state index contributed by atoms with van der Waals surface area (Å²) in [6.07, 6.45) is 1.44. The van der Waals surface area contributed by atoms with Crippen molar-refractivity contribution in [2.45, 2.75) is 0 Å². The number of phenols is 1. The predicted molar refractivity (Wildman–Crippen MR) is 82.8 cm³/mol. The van der Waals surface area contributed by atoms with Crippen molar-refractivity contribution in [1.82, 2.24) is 4.98 Å². The SMILES string of the molecule is O=C(Nc1ccc(Cl)cn1)c1ccc2ccccc2c1O. The van der Waals surface area contributed by atoms with Gasteiger partial charge in [0.1, 0.15) is 11.6 Å². The quantitative estimate of drug-likeness (QED) is 0.755. The number of nitrogens with one attached hydrogen (secondary N) is 1. The van der Waals surface area contributed by atoms with Crippen molar-refractivity contribution in [3.63, 3.8) is 0 Å². The summed E-state index contributed by atoms with van der Waals surface area (Å²) < 4.78 is 0. The van der Waals surface area contributed by atoms with Crippen molar-refractivity contribution < 1.29 is 9.90 Å². The average Bonchev–Trinajstić information content (AvgIpc) is 2.50. The maximum atomic E-state index is 12.2. The highest BCUT2D eigenvalue weighted by Crippen LogP contribution is 2.29. The number of hydrogen-bond acceptors (Lipinski definition) is 3. The lowest BCUT2D eigenvalue weighted by Crippen LogP contribution is -2.13. The van der Waals surface area contributed by atoms with Gasteiger partial charge in [-0.05, 0) is 23.6 Å². The van der Waals surface area contributed by atoms with Crippen molar-refractivity contribution >= 4 is 34.1 Å². The first kappa shape index (κ1) is 13.4. The van der Waals surface area contributed by atoms with E-state index in [-0.39, 0.29) is 11.3 Å². The molecule has 1 aromatic heterocycles. The standard InChI is InChI=1S/C16H11ClN2O2/c17-11-6-8-14(18-9-11)19-16(21)13-7-5-10-3-1-2-4-12(10)15(13)20/h1-9,20H,(H,18,19,21). The largest absolute Gasteiger partial charge is 0.506 e.